The van der Waals surface area contributed by atoms with Gasteiger partial charge in [-0.25, -0.2) is 4.98 Å². The van der Waals surface area contributed by atoms with E-state index in [1.54, 1.807) is 32.5 Å². The molecule has 45 heavy (non-hydrogen) atoms. The van der Waals surface area contributed by atoms with Gasteiger partial charge in [0.05, 0.1) is 14.2 Å². The molecule has 246 valence electrons. The van der Waals surface area contributed by atoms with Gasteiger partial charge in [-0.2, -0.15) is 0 Å². The maximum atomic E-state index is 13.9. The Morgan fingerprint density at radius 2 is 1.89 bits per heavy atom. The predicted octanol–water partition coefficient (Wildman–Crippen LogP) is 3.01. The van der Waals surface area contributed by atoms with Gasteiger partial charge in [0.2, 0.25) is 11.8 Å². The minimum absolute atomic E-state index is 0. The Bertz CT molecular complexity index is 1340. The third-order valence-electron chi connectivity index (χ3n) is 9.02. The van der Waals surface area contributed by atoms with Crippen LogP contribution in [-0.4, -0.2) is 92.1 Å². The van der Waals surface area contributed by atoms with Gasteiger partial charge < -0.3 is 35.1 Å². The van der Waals surface area contributed by atoms with Gasteiger partial charge in [-0.3, -0.25) is 14.4 Å². The third-order valence-corrected chi connectivity index (χ3v) is 9.02. The van der Waals surface area contributed by atoms with Gasteiger partial charge in [0.25, 0.3) is 5.91 Å². The van der Waals surface area contributed by atoms with Crippen molar-refractivity contribution in [2.75, 3.05) is 53.6 Å². The van der Waals surface area contributed by atoms with Gasteiger partial charge in [-0.15, -0.1) is 12.4 Å². The van der Waals surface area contributed by atoms with E-state index in [-0.39, 0.29) is 53.7 Å². The molecule has 3 atom stereocenters. The molecule has 2 aromatic rings. The summed E-state index contributed by atoms with van der Waals surface area (Å²) in [6, 6.07) is 7.49. The summed E-state index contributed by atoms with van der Waals surface area (Å²) in [4.78, 5) is 48.5. The highest BCUT2D eigenvalue weighted by atomic mass is 35.5. The van der Waals surface area contributed by atoms with E-state index in [1.165, 1.54) is 0 Å². The molecule has 0 unspecified atom stereocenters. The van der Waals surface area contributed by atoms with Crippen LogP contribution in [0.3, 0.4) is 0 Å². The number of hydrogen-bond acceptors (Lipinski definition) is 8. The number of likely N-dealkylation sites (tertiary alicyclic amines) is 1. The SMILES string of the molecule is COc1cc2cc(c1OC)CCCNC(=O)CCC[C@H]1[C@@H]3C[C@@H](CN(C(=O)c4ncccc4OCCN)C3)CN1C(=O)CC2.Cl. The van der Waals surface area contributed by atoms with Crippen molar-refractivity contribution in [3.63, 3.8) is 0 Å². The molecule has 3 amide bonds. The lowest BCUT2D eigenvalue weighted by Crippen LogP contribution is -2.60. The van der Waals surface area contributed by atoms with Crippen LogP contribution >= 0.6 is 12.4 Å². The summed E-state index contributed by atoms with van der Waals surface area (Å²) in [6.07, 6.45) is 6.81. The number of aryl methyl sites for hydroxylation is 2. The van der Waals surface area contributed by atoms with E-state index < -0.39 is 0 Å². The number of hydrogen-bond donors (Lipinski definition) is 2. The van der Waals surface area contributed by atoms with E-state index in [2.05, 4.69) is 16.4 Å². The fourth-order valence-electron chi connectivity index (χ4n) is 7.05. The molecule has 1 aromatic heterocycles. The average molecular weight is 644 g/mol. The van der Waals surface area contributed by atoms with Crippen molar-refractivity contribution in [1.29, 1.82) is 0 Å². The van der Waals surface area contributed by atoms with Crippen LogP contribution in [0.15, 0.2) is 30.5 Å². The number of piperidine rings is 2. The molecule has 11 nitrogen and oxygen atoms in total. The lowest BCUT2D eigenvalue weighted by atomic mass is 9.77. The quantitative estimate of drug-likeness (QED) is 0.490. The monoisotopic (exact) mass is 643 g/mol. The number of methoxy groups -OCH3 is 2. The highest BCUT2D eigenvalue weighted by Crippen LogP contribution is 2.38. The molecule has 3 N–H and O–H groups in total. The maximum Gasteiger partial charge on any atom is 0.276 e. The molecule has 2 fully saturated rings. The van der Waals surface area contributed by atoms with Crippen molar-refractivity contribution >= 4 is 30.1 Å². The number of nitrogens with two attached hydrogens (primary N) is 1. The second-order valence-corrected chi connectivity index (χ2v) is 12.0. The van der Waals surface area contributed by atoms with E-state index in [9.17, 15) is 14.4 Å². The van der Waals surface area contributed by atoms with E-state index in [0.717, 1.165) is 30.4 Å². The van der Waals surface area contributed by atoms with Gasteiger partial charge in [-0.05, 0) is 79.7 Å². The summed E-state index contributed by atoms with van der Waals surface area (Å²) in [5, 5.41) is 3.05. The molecule has 1 aromatic carbocycles. The van der Waals surface area contributed by atoms with Crippen LogP contribution in [-0.2, 0) is 22.4 Å². The zero-order valence-electron chi connectivity index (χ0n) is 26.3. The predicted molar refractivity (Wildman–Crippen MR) is 172 cm³/mol. The van der Waals surface area contributed by atoms with Crippen molar-refractivity contribution in [3.8, 4) is 17.2 Å². The van der Waals surface area contributed by atoms with Crippen molar-refractivity contribution in [2.24, 2.45) is 17.6 Å². The summed E-state index contributed by atoms with van der Waals surface area (Å²) in [5.41, 5.74) is 7.94. The Balaban J connectivity index is 0.00000461. The van der Waals surface area contributed by atoms with Gasteiger partial charge in [0.1, 0.15) is 6.61 Å². The van der Waals surface area contributed by atoms with Crippen molar-refractivity contribution in [2.45, 2.75) is 57.4 Å². The topological polar surface area (TPSA) is 136 Å². The van der Waals surface area contributed by atoms with E-state index in [1.807, 2.05) is 15.9 Å². The van der Waals surface area contributed by atoms with Crippen molar-refractivity contribution in [3.05, 3.63) is 47.3 Å². The number of carbonyl (C=O) groups excluding carboxylic acids is 3. The third kappa shape index (κ3) is 8.18. The Hall–Kier alpha value is -3.57. The first-order valence-electron chi connectivity index (χ1n) is 15.8. The number of nitrogens with one attached hydrogen (secondary N) is 1. The van der Waals surface area contributed by atoms with Gasteiger partial charge in [0.15, 0.2) is 22.9 Å². The minimum Gasteiger partial charge on any atom is -0.493 e. The van der Waals surface area contributed by atoms with E-state index >= 15 is 0 Å². The van der Waals surface area contributed by atoms with Gasteiger partial charge >= 0.3 is 0 Å². The largest absolute Gasteiger partial charge is 0.493 e. The molecule has 0 saturated carbocycles. The second kappa shape index (κ2) is 16.1. The van der Waals surface area contributed by atoms with Crippen LogP contribution in [0.1, 0.15) is 60.1 Å². The van der Waals surface area contributed by atoms with Gasteiger partial charge in [-0.1, -0.05) is 6.07 Å². The molecule has 2 saturated heterocycles. The van der Waals surface area contributed by atoms with E-state index in [4.69, 9.17) is 19.9 Å². The fourth-order valence-corrected chi connectivity index (χ4v) is 7.05. The Morgan fingerprint density at radius 1 is 1.04 bits per heavy atom. The summed E-state index contributed by atoms with van der Waals surface area (Å²) in [5.74, 6) is 2.02. The number of carbonyl (C=O) groups is 3. The molecular weight excluding hydrogens is 598 g/mol. The molecule has 12 heteroatoms. The number of nitrogens with zero attached hydrogens (tertiary/aromatic N) is 3. The number of ether oxygens (including phenoxy) is 3. The lowest BCUT2D eigenvalue weighted by Gasteiger charge is -2.51. The van der Waals surface area contributed by atoms with Crippen molar-refractivity contribution < 1.29 is 28.6 Å². The molecule has 4 bridgehead atoms. The van der Waals surface area contributed by atoms with E-state index in [0.29, 0.717) is 88.7 Å². The highest BCUT2D eigenvalue weighted by molar-refractivity contribution is 5.95. The van der Waals surface area contributed by atoms with Gasteiger partial charge in [0, 0.05) is 57.8 Å². The summed E-state index contributed by atoms with van der Waals surface area (Å²) in [7, 11) is 3.25. The molecule has 4 heterocycles. The lowest BCUT2D eigenvalue weighted by molar-refractivity contribution is -0.140. The van der Waals surface area contributed by atoms with Crippen LogP contribution in [0.2, 0.25) is 0 Å². The molecule has 3 aliphatic heterocycles. The summed E-state index contributed by atoms with van der Waals surface area (Å²) >= 11 is 0. The fraction of sp³-hybridized carbons (Fsp3) is 0.576. The Morgan fingerprint density at radius 3 is 2.67 bits per heavy atom. The smallest absolute Gasteiger partial charge is 0.276 e. The number of amides is 3. The zero-order chi connectivity index (χ0) is 31.1. The Labute approximate surface area is 271 Å². The second-order valence-electron chi connectivity index (χ2n) is 12.0. The first kappa shape index (κ1) is 34.3. The van der Waals surface area contributed by atoms with Crippen molar-refractivity contribution in [1.82, 2.24) is 20.1 Å². The van der Waals surface area contributed by atoms with Crippen LogP contribution in [0.25, 0.3) is 0 Å². The first-order chi connectivity index (χ1) is 21.4. The maximum absolute atomic E-state index is 13.9. The summed E-state index contributed by atoms with van der Waals surface area (Å²) in [6.45, 7) is 2.89. The molecule has 3 aliphatic rings. The van der Waals surface area contributed by atoms with Crippen LogP contribution in [0.5, 0.6) is 17.2 Å². The highest BCUT2D eigenvalue weighted by Gasteiger charge is 2.44. The van der Waals surface area contributed by atoms with Crippen LogP contribution in [0, 0.1) is 11.8 Å². The summed E-state index contributed by atoms with van der Waals surface area (Å²) < 4.78 is 17.0. The normalized spacial score (nSPS) is 22.4. The number of fused-ring (bicyclic) bond motifs is 6. The Kier molecular flexibility index (Phi) is 12.3. The number of benzene rings is 1. The zero-order valence-corrected chi connectivity index (χ0v) is 27.1. The number of pyridine rings is 1. The molecule has 0 spiro atoms. The first-order valence-corrected chi connectivity index (χ1v) is 15.8. The molecule has 0 aliphatic carbocycles. The van der Waals surface area contributed by atoms with Crippen LogP contribution < -0.4 is 25.3 Å². The number of rotatable bonds is 6. The number of aromatic nitrogens is 1. The average Bonchev–Trinajstić information content (AvgIpc) is 3.04. The molecule has 5 rings (SSSR count). The molecular formula is C33H46ClN5O6. The minimum atomic E-state index is -0.163. The standard InChI is InChI=1S/C33H45N5O6.ClH/c1-42-28-18-22-10-11-30(40)38-20-23-17-25(21-37(19-23)33(41)31-27(44-15-12-34)8-5-14-36-31)26(38)7-3-9-29(39)35-13-4-6-24(16-22)32(28)43-2;/h5,8,14,16,18,23,25-26H,3-4,6-7,9-13,15,17,19-21,34H2,1-2H3,(H,35,39);1H/t23-,25+,26-;/m0./s1. The molecule has 0 radical (unpaired) electrons. The van der Waals surface area contributed by atoms with Crippen LogP contribution in [0.4, 0.5) is 0 Å². The number of halogens is 1.